The fraction of sp³-hybridized carbons (Fsp3) is 0. The molecule has 1 radical (unpaired) electrons. The summed E-state index contributed by atoms with van der Waals surface area (Å²) < 4.78 is 0. The number of hydrogen-bond donors (Lipinski definition) is 0. The van der Waals surface area contributed by atoms with Crippen LogP contribution in [0.2, 0.25) is 0 Å². The molecule has 1 rings (SSSR count). The lowest BCUT2D eigenvalue weighted by molar-refractivity contribution is 0.105. The Morgan fingerprint density at radius 3 is 2.80 bits per heavy atom. The standard InChI is InChI=1S/C6H3N2O2/c9-4-6(10)5-3-7-1-2-8-5/h1-3H. The molecule has 0 saturated heterocycles. The second kappa shape index (κ2) is 2.82. The topological polar surface area (TPSA) is 59.9 Å². The van der Waals surface area contributed by atoms with Gasteiger partial charge in [-0.2, -0.15) is 0 Å². The second-order valence-electron chi connectivity index (χ2n) is 1.52. The maximum absolute atomic E-state index is 10.5. The summed E-state index contributed by atoms with van der Waals surface area (Å²) >= 11 is 0. The molecule has 1 heterocycles. The Kier molecular flexibility index (Phi) is 1.84. The van der Waals surface area contributed by atoms with Crippen molar-refractivity contribution in [2.75, 3.05) is 0 Å². The van der Waals surface area contributed by atoms with Crippen LogP contribution in [0.4, 0.5) is 0 Å². The van der Waals surface area contributed by atoms with Gasteiger partial charge in [0.25, 0.3) is 12.1 Å². The van der Waals surface area contributed by atoms with Gasteiger partial charge in [-0.25, -0.2) is 4.98 Å². The number of hydrogen-bond acceptors (Lipinski definition) is 4. The van der Waals surface area contributed by atoms with Gasteiger partial charge in [-0.15, -0.1) is 0 Å². The van der Waals surface area contributed by atoms with E-state index in [1.807, 2.05) is 0 Å². The molecule has 0 amide bonds. The molecule has 0 atom stereocenters. The van der Waals surface area contributed by atoms with Crippen molar-refractivity contribution in [2.45, 2.75) is 0 Å². The molecule has 1 aromatic heterocycles. The van der Waals surface area contributed by atoms with E-state index in [-0.39, 0.29) is 5.69 Å². The van der Waals surface area contributed by atoms with Crippen LogP contribution in [0.1, 0.15) is 10.5 Å². The monoisotopic (exact) mass is 135 g/mol. The van der Waals surface area contributed by atoms with E-state index in [2.05, 4.69) is 9.97 Å². The molecule has 0 aliphatic carbocycles. The number of carbonyl (C=O) groups is 1. The van der Waals surface area contributed by atoms with E-state index >= 15 is 0 Å². The van der Waals surface area contributed by atoms with Gasteiger partial charge in [-0.05, 0) is 0 Å². The zero-order chi connectivity index (χ0) is 7.40. The Labute approximate surface area is 56.9 Å². The predicted octanol–water partition coefficient (Wildman–Crippen LogP) is -0.231. The minimum atomic E-state index is -0.770. The van der Waals surface area contributed by atoms with Crippen molar-refractivity contribution in [3.05, 3.63) is 24.3 Å². The summed E-state index contributed by atoms with van der Waals surface area (Å²) in [5.41, 5.74) is 0.0255. The van der Waals surface area contributed by atoms with Crippen molar-refractivity contribution in [1.82, 2.24) is 9.97 Å². The van der Waals surface area contributed by atoms with Crippen LogP contribution in [0.25, 0.3) is 0 Å². The summed E-state index contributed by atoms with van der Waals surface area (Å²) in [6.45, 7) is 0. The molecule has 10 heavy (non-hydrogen) atoms. The largest absolute Gasteiger partial charge is 0.283 e. The molecule has 0 spiro atoms. The van der Waals surface area contributed by atoms with E-state index < -0.39 is 5.78 Å². The molecule has 0 bridgehead atoms. The summed E-state index contributed by atoms with van der Waals surface area (Å²) in [4.78, 5) is 27.4. The number of aromatic nitrogens is 2. The molecule has 0 N–H and O–H groups in total. The summed E-state index contributed by atoms with van der Waals surface area (Å²) in [5.74, 6) is -0.770. The number of rotatable bonds is 2. The normalized spacial score (nSPS) is 8.80. The molecule has 0 aliphatic rings. The van der Waals surface area contributed by atoms with Gasteiger partial charge in [0, 0.05) is 12.4 Å². The number of nitrogens with zero attached hydrogens (tertiary/aromatic N) is 2. The minimum Gasteiger partial charge on any atom is -0.283 e. The summed E-state index contributed by atoms with van der Waals surface area (Å²) in [7, 11) is 0. The molecule has 49 valence electrons. The first kappa shape index (κ1) is 6.54. The first-order valence-electron chi connectivity index (χ1n) is 2.53. The van der Waals surface area contributed by atoms with E-state index in [4.69, 9.17) is 0 Å². The lowest BCUT2D eigenvalue weighted by Gasteiger charge is -1.86. The van der Waals surface area contributed by atoms with E-state index in [0.29, 0.717) is 0 Å². The average molecular weight is 135 g/mol. The van der Waals surface area contributed by atoms with Crippen LogP contribution in [-0.2, 0) is 4.79 Å². The molecule has 1 aromatic rings. The summed E-state index contributed by atoms with van der Waals surface area (Å²) in [5, 5.41) is 0. The van der Waals surface area contributed by atoms with Gasteiger partial charge in [0.1, 0.15) is 5.69 Å². The van der Waals surface area contributed by atoms with Crippen LogP contribution in [0, 0.1) is 0 Å². The highest BCUT2D eigenvalue weighted by Gasteiger charge is 2.04. The fourth-order valence-electron chi connectivity index (χ4n) is 0.469. The third-order valence-corrected chi connectivity index (χ3v) is 0.889. The summed E-state index contributed by atoms with van der Waals surface area (Å²) in [6.07, 6.45) is 5.16. The Morgan fingerprint density at radius 2 is 2.30 bits per heavy atom. The highest BCUT2D eigenvalue weighted by molar-refractivity contribution is 6.32. The van der Waals surface area contributed by atoms with Crippen molar-refractivity contribution in [2.24, 2.45) is 0 Å². The Morgan fingerprint density at radius 1 is 1.50 bits per heavy atom. The molecule has 0 aliphatic heterocycles. The third kappa shape index (κ3) is 1.22. The van der Waals surface area contributed by atoms with Gasteiger partial charge in [0.15, 0.2) is 0 Å². The van der Waals surface area contributed by atoms with Crippen LogP contribution >= 0.6 is 0 Å². The number of Topliss-reactive ketones (excluding diaryl/α,β-unsaturated/α-hetero) is 1. The Balaban J connectivity index is 2.95. The molecule has 4 nitrogen and oxygen atoms in total. The van der Waals surface area contributed by atoms with Gasteiger partial charge in [0.2, 0.25) is 0 Å². The van der Waals surface area contributed by atoms with Gasteiger partial charge >= 0.3 is 0 Å². The SMILES string of the molecule is O=[C]C(=O)c1cnccn1. The van der Waals surface area contributed by atoms with E-state index in [1.54, 1.807) is 0 Å². The summed E-state index contributed by atoms with van der Waals surface area (Å²) in [6, 6.07) is 0. The quantitative estimate of drug-likeness (QED) is 0.415. The molecule has 0 aromatic carbocycles. The lowest BCUT2D eigenvalue weighted by Crippen LogP contribution is -2.02. The van der Waals surface area contributed by atoms with Gasteiger partial charge in [0.05, 0.1) is 6.20 Å². The maximum atomic E-state index is 10.5. The van der Waals surface area contributed by atoms with Gasteiger partial charge in [-0.1, -0.05) is 0 Å². The Hall–Kier alpha value is -1.58. The van der Waals surface area contributed by atoms with E-state index in [1.165, 1.54) is 24.9 Å². The van der Waals surface area contributed by atoms with Crippen LogP contribution < -0.4 is 0 Å². The third-order valence-electron chi connectivity index (χ3n) is 0.889. The zero-order valence-electron chi connectivity index (χ0n) is 4.94. The van der Waals surface area contributed by atoms with Crippen LogP contribution in [0.3, 0.4) is 0 Å². The van der Waals surface area contributed by atoms with Crippen LogP contribution in [0.15, 0.2) is 18.6 Å². The first-order valence-corrected chi connectivity index (χ1v) is 2.53. The van der Waals surface area contributed by atoms with Crippen molar-refractivity contribution in [1.29, 1.82) is 0 Å². The van der Waals surface area contributed by atoms with Crippen LogP contribution in [0.5, 0.6) is 0 Å². The van der Waals surface area contributed by atoms with Gasteiger partial charge < -0.3 is 0 Å². The van der Waals surface area contributed by atoms with Gasteiger partial charge in [-0.3, -0.25) is 14.6 Å². The van der Waals surface area contributed by atoms with E-state index in [0.717, 1.165) is 0 Å². The molecule has 0 saturated carbocycles. The van der Waals surface area contributed by atoms with Crippen molar-refractivity contribution < 1.29 is 9.59 Å². The highest BCUT2D eigenvalue weighted by atomic mass is 16.2. The van der Waals surface area contributed by atoms with Crippen molar-refractivity contribution in [3.63, 3.8) is 0 Å². The molecular weight excluding hydrogens is 132 g/mol. The number of ketones is 1. The molecule has 4 heteroatoms. The van der Waals surface area contributed by atoms with Crippen LogP contribution in [-0.4, -0.2) is 22.0 Å². The molecular formula is C6H3N2O2. The zero-order valence-corrected chi connectivity index (χ0v) is 4.94. The van der Waals surface area contributed by atoms with Crippen molar-refractivity contribution >= 4 is 12.1 Å². The lowest BCUT2D eigenvalue weighted by atomic mass is 10.3. The smallest absolute Gasteiger partial charge is 0.279 e. The second-order valence-corrected chi connectivity index (χ2v) is 1.52. The van der Waals surface area contributed by atoms with E-state index in [9.17, 15) is 9.59 Å². The Bertz CT molecular complexity index is 245. The predicted molar refractivity (Wildman–Crippen MR) is 32.1 cm³/mol. The van der Waals surface area contributed by atoms with Crippen molar-refractivity contribution in [3.8, 4) is 0 Å². The minimum absolute atomic E-state index is 0.0255. The fourth-order valence-corrected chi connectivity index (χ4v) is 0.469. The average Bonchev–Trinajstić information content (AvgIpc) is 2.05. The number of carbonyl (C=O) groups excluding carboxylic acids is 2. The highest BCUT2D eigenvalue weighted by Crippen LogP contribution is 1.88. The molecule has 0 fully saturated rings. The first-order chi connectivity index (χ1) is 4.84. The molecule has 0 unspecified atom stereocenters. The maximum Gasteiger partial charge on any atom is 0.279 e.